The molecule has 0 fully saturated rings. The summed E-state index contributed by atoms with van der Waals surface area (Å²) >= 11 is 0. The first-order valence-corrected chi connectivity index (χ1v) is 6.20. The van der Waals surface area contributed by atoms with Crippen molar-refractivity contribution in [3.63, 3.8) is 0 Å². The lowest BCUT2D eigenvalue weighted by Crippen LogP contribution is -2.14. The van der Waals surface area contributed by atoms with E-state index in [1.807, 2.05) is 0 Å². The molecule has 0 aliphatic heterocycles. The molecule has 0 saturated carbocycles. The molecule has 1 rings (SSSR count). The quantitative estimate of drug-likeness (QED) is 0.828. The number of carbonyl (C=O) groups excluding carboxylic acids is 2. The summed E-state index contributed by atoms with van der Waals surface area (Å²) in [4.78, 5) is 35.0. The van der Waals surface area contributed by atoms with Crippen LogP contribution in [0.4, 0.5) is 0 Å². The monoisotopic (exact) mass is 262 g/mol. The van der Waals surface area contributed by atoms with E-state index in [9.17, 15) is 14.4 Å². The number of hydrogen-bond donors (Lipinski definition) is 1. The van der Waals surface area contributed by atoms with Gasteiger partial charge in [0.05, 0.1) is 5.56 Å². The molecule has 0 unspecified atom stereocenters. The zero-order valence-corrected chi connectivity index (χ0v) is 11.6. The molecule has 0 atom stereocenters. The lowest BCUT2D eigenvalue weighted by atomic mass is 9.93. The predicted octanol–water partition coefficient (Wildman–Crippen LogP) is 3.06. The van der Waals surface area contributed by atoms with Gasteiger partial charge in [-0.25, -0.2) is 4.79 Å². The molecular formula is C15H18O4. The van der Waals surface area contributed by atoms with E-state index >= 15 is 0 Å². The molecule has 0 aromatic heterocycles. The first-order chi connectivity index (χ1) is 8.73. The van der Waals surface area contributed by atoms with Crippen LogP contribution in [0.25, 0.3) is 0 Å². The summed E-state index contributed by atoms with van der Waals surface area (Å²) in [6, 6.07) is 4.13. The van der Waals surface area contributed by atoms with Gasteiger partial charge in [-0.1, -0.05) is 27.7 Å². The zero-order chi connectivity index (χ0) is 14.7. The van der Waals surface area contributed by atoms with Crippen LogP contribution in [0, 0.1) is 11.8 Å². The van der Waals surface area contributed by atoms with Crippen LogP contribution in [0.2, 0.25) is 0 Å². The van der Waals surface area contributed by atoms with Gasteiger partial charge in [0.25, 0.3) is 0 Å². The van der Waals surface area contributed by atoms with E-state index in [-0.39, 0.29) is 40.1 Å². The van der Waals surface area contributed by atoms with Gasteiger partial charge in [-0.15, -0.1) is 0 Å². The van der Waals surface area contributed by atoms with E-state index in [4.69, 9.17) is 5.11 Å². The topological polar surface area (TPSA) is 71.4 Å². The van der Waals surface area contributed by atoms with E-state index in [0.717, 1.165) is 0 Å². The van der Waals surface area contributed by atoms with Crippen LogP contribution in [0.1, 0.15) is 58.8 Å². The number of carboxylic acid groups (broad SMARTS) is 1. The molecule has 0 bridgehead atoms. The highest BCUT2D eigenvalue weighted by atomic mass is 16.4. The van der Waals surface area contributed by atoms with Gasteiger partial charge in [0.2, 0.25) is 0 Å². The number of carboxylic acids is 1. The van der Waals surface area contributed by atoms with Crippen LogP contribution >= 0.6 is 0 Å². The first-order valence-electron chi connectivity index (χ1n) is 6.20. The summed E-state index contributed by atoms with van der Waals surface area (Å²) in [7, 11) is 0. The van der Waals surface area contributed by atoms with Crippen molar-refractivity contribution in [3.05, 3.63) is 34.9 Å². The molecule has 0 amide bonds. The zero-order valence-electron chi connectivity index (χ0n) is 11.6. The van der Waals surface area contributed by atoms with E-state index < -0.39 is 5.97 Å². The molecule has 102 valence electrons. The average Bonchev–Trinajstić information content (AvgIpc) is 2.35. The standard InChI is InChI=1S/C15H18O4/c1-8(2)13(16)10-5-11(14(17)9(3)4)7-12(6-10)15(18)19/h5-9H,1-4H3,(H,18,19). The second-order valence-corrected chi connectivity index (χ2v) is 5.14. The van der Waals surface area contributed by atoms with Crippen molar-refractivity contribution in [1.82, 2.24) is 0 Å². The molecular weight excluding hydrogens is 244 g/mol. The first kappa shape index (κ1) is 15.1. The van der Waals surface area contributed by atoms with Crippen molar-refractivity contribution in [2.75, 3.05) is 0 Å². The molecule has 4 nitrogen and oxygen atoms in total. The third kappa shape index (κ3) is 3.50. The SMILES string of the molecule is CC(C)C(=O)c1cc(C(=O)O)cc(C(=O)C(C)C)c1. The Hall–Kier alpha value is -1.97. The van der Waals surface area contributed by atoms with Gasteiger partial charge in [0, 0.05) is 23.0 Å². The van der Waals surface area contributed by atoms with Crippen LogP contribution < -0.4 is 0 Å². The number of Topliss-reactive ketones (excluding diaryl/α,β-unsaturated/α-hetero) is 2. The summed E-state index contributed by atoms with van der Waals surface area (Å²) in [5.41, 5.74) is 0.522. The van der Waals surface area contributed by atoms with Crippen LogP contribution in [-0.4, -0.2) is 22.6 Å². The molecule has 1 aromatic rings. The Bertz CT molecular complexity index is 489. The van der Waals surface area contributed by atoms with Gasteiger partial charge in [-0.2, -0.15) is 0 Å². The Labute approximate surface area is 112 Å². The number of benzene rings is 1. The second kappa shape index (κ2) is 5.78. The van der Waals surface area contributed by atoms with Gasteiger partial charge in [-0.3, -0.25) is 9.59 Å². The lowest BCUT2D eigenvalue weighted by molar-refractivity contribution is 0.0697. The van der Waals surface area contributed by atoms with Crippen molar-refractivity contribution in [2.24, 2.45) is 11.8 Å². The minimum atomic E-state index is -1.14. The van der Waals surface area contributed by atoms with E-state index in [1.54, 1.807) is 27.7 Å². The predicted molar refractivity (Wildman–Crippen MR) is 71.7 cm³/mol. The molecule has 19 heavy (non-hydrogen) atoms. The van der Waals surface area contributed by atoms with Gasteiger partial charge >= 0.3 is 5.97 Å². The number of carbonyl (C=O) groups is 3. The van der Waals surface area contributed by atoms with Crippen molar-refractivity contribution < 1.29 is 19.5 Å². The smallest absolute Gasteiger partial charge is 0.335 e. The molecule has 0 spiro atoms. The van der Waals surface area contributed by atoms with Crippen LogP contribution in [0.5, 0.6) is 0 Å². The van der Waals surface area contributed by atoms with Gasteiger partial charge in [-0.05, 0) is 18.2 Å². The molecule has 0 heterocycles. The molecule has 0 aliphatic carbocycles. The summed E-state index contributed by atoms with van der Waals surface area (Å²) < 4.78 is 0. The van der Waals surface area contributed by atoms with Gasteiger partial charge in [0.15, 0.2) is 11.6 Å². The van der Waals surface area contributed by atoms with Gasteiger partial charge in [0.1, 0.15) is 0 Å². The van der Waals surface area contributed by atoms with Crippen molar-refractivity contribution in [2.45, 2.75) is 27.7 Å². The highest BCUT2D eigenvalue weighted by Crippen LogP contribution is 2.17. The largest absolute Gasteiger partial charge is 0.478 e. The summed E-state index contributed by atoms with van der Waals surface area (Å²) in [6.45, 7) is 6.94. The molecule has 0 saturated heterocycles. The highest BCUT2D eigenvalue weighted by Gasteiger charge is 2.18. The molecule has 1 N–H and O–H groups in total. The minimum Gasteiger partial charge on any atom is -0.478 e. The van der Waals surface area contributed by atoms with Gasteiger partial charge < -0.3 is 5.11 Å². The maximum absolute atomic E-state index is 12.0. The Balaban J connectivity index is 3.38. The number of ketones is 2. The Morgan fingerprint density at radius 1 is 0.789 bits per heavy atom. The van der Waals surface area contributed by atoms with Crippen molar-refractivity contribution >= 4 is 17.5 Å². The Morgan fingerprint density at radius 3 is 1.37 bits per heavy atom. The molecule has 4 heteroatoms. The second-order valence-electron chi connectivity index (χ2n) is 5.14. The molecule has 0 aliphatic rings. The third-order valence-corrected chi connectivity index (χ3v) is 2.80. The number of hydrogen-bond acceptors (Lipinski definition) is 3. The third-order valence-electron chi connectivity index (χ3n) is 2.80. The molecule has 0 radical (unpaired) electrons. The fourth-order valence-electron chi connectivity index (χ4n) is 1.70. The number of aromatic carboxylic acids is 1. The van der Waals surface area contributed by atoms with E-state index in [0.29, 0.717) is 0 Å². The highest BCUT2D eigenvalue weighted by molar-refractivity contribution is 6.05. The fourth-order valence-corrected chi connectivity index (χ4v) is 1.70. The van der Waals surface area contributed by atoms with Crippen LogP contribution in [0.15, 0.2) is 18.2 Å². The average molecular weight is 262 g/mol. The van der Waals surface area contributed by atoms with E-state index in [1.165, 1.54) is 18.2 Å². The van der Waals surface area contributed by atoms with Crippen LogP contribution in [-0.2, 0) is 0 Å². The number of rotatable bonds is 5. The maximum Gasteiger partial charge on any atom is 0.335 e. The minimum absolute atomic E-state index is 0.0319. The fraction of sp³-hybridized carbons (Fsp3) is 0.400. The van der Waals surface area contributed by atoms with Crippen molar-refractivity contribution in [3.8, 4) is 0 Å². The van der Waals surface area contributed by atoms with Crippen LogP contribution in [0.3, 0.4) is 0 Å². The summed E-state index contributed by atoms with van der Waals surface area (Å²) in [5.74, 6) is -1.96. The Kier molecular flexibility index (Phi) is 4.59. The normalized spacial score (nSPS) is 10.8. The summed E-state index contributed by atoms with van der Waals surface area (Å²) in [6.07, 6.45) is 0. The van der Waals surface area contributed by atoms with E-state index in [2.05, 4.69) is 0 Å². The maximum atomic E-state index is 12.0. The Morgan fingerprint density at radius 2 is 1.11 bits per heavy atom. The van der Waals surface area contributed by atoms with Crippen molar-refractivity contribution in [1.29, 1.82) is 0 Å². The molecule has 1 aromatic carbocycles. The lowest BCUT2D eigenvalue weighted by Gasteiger charge is -2.10. The summed E-state index contributed by atoms with van der Waals surface area (Å²) in [5, 5.41) is 9.05.